The van der Waals surface area contributed by atoms with Gasteiger partial charge in [0.2, 0.25) is 5.78 Å². The quantitative estimate of drug-likeness (QED) is 0.235. The van der Waals surface area contributed by atoms with Crippen molar-refractivity contribution >= 4 is 29.1 Å². The van der Waals surface area contributed by atoms with Crippen LogP contribution in [-0.2, 0) is 9.47 Å². The maximum Gasteiger partial charge on any atom is 0.340 e. The van der Waals surface area contributed by atoms with Gasteiger partial charge in [-0.2, -0.15) is 0 Å². The fourth-order valence-electron chi connectivity index (χ4n) is 2.82. The monoisotopic (exact) mass is 403 g/mol. The number of ether oxygens (including phenoxy) is 2. The Hall–Kier alpha value is -3.69. The minimum Gasteiger partial charge on any atom is -0.462 e. The van der Waals surface area contributed by atoms with Crippen molar-refractivity contribution in [3.05, 3.63) is 56.4 Å². The molecular formula is C19H21N3O7. The number of aromatic amines is 1. The third-order valence-electron chi connectivity index (χ3n) is 4.28. The van der Waals surface area contributed by atoms with Gasteiger partial charge in [-0.15, -0.1) is 0 Å². The number of esters is 2. The number of hydrogen-bond acceptors (Lipinski definition) is 8. The van der Waals surface area contributed by atoms with Crippen molar-refractivity contribution in [1.29, 1.82) is 0 Å². The number of nitrogens with zero attached hydrogens (tertiary/aromatic N) is 1. The fraction of sp³-hybridized carbons (Fsp3) is 0.316. The van der Waals surface area contributed by atoms with Gasteiger partial charge in [0.25, 0.3) is 5.69 Å². The largest absolute Gasteiger partial charge is 0.462 e. The van der Waals surface area contributed by atoms with E-state index in [1.54, 1.807) is 20.8 Å². The molecular weight excluding hydrogens is 382 g/mol. The van der Waals surface area contributed by atoms with E-state index >= 15 is 0 Å². The molecule has 10 nitrogen and oxygen atoms in total. The van der Waals surface area contributed by atoms with Crippen molar-refractivity contribution in [2.45, 2.75) is 33.8 Å². The number of benzene rings is 1. The van der Waals surface area contributed by atoms with Gasteiger partial charge in [0.15, 0.2) is 6.10 Å². The number of rotatable bonds is 7. The minimum atomic E-state index is -1.20. The van der Waals surface area contributed by atoms with Crippen LogP contribution in [0.5, 0.6) is 0 Å². The number of aryl methyl sites for hydroxylation is 1. The molecule has 0 radical (unpaired) electrons. The van der Waals surface area contributed by atoms with E-state index in [2.05, 4.69) is 4.98 Å². The van der Waals surface area contributed by atoms with Crippen molar-refractivity contribution in [3.8, 4) is 0 Å². The second-order valence-corrected chi connectivity index (χ2v) is 6.29. The Morgan fingerprint density at radius 1 is 1.24 bits per heavy atom. The predicted molar refractivity (Wildman–Crippen MR) is 103 cm³/mol. The van der Waals surface area contributed by atoms with Crippen LogP contribution in [0.25, 0.3) is 0 Å². The number of nitrogen functional groups attached to an aromatic ring is 1. The zero-order valence-electron chi connectivity index (χ0n) is 16.4. The highest BCUT2D eigenvalue weighted by Crippen LogP contribution is 2.24. The van der Waals surface area contributed by atoms with Gasteiger partial charge >= 0.3 is 11.9 Å². The summed E-state index contributed by atoms with van der Waals surface area (Å²) in [4.78, 5) is 50.2. The Labute approximate surface area is 166 Å². The molecule has 2 aromatic rings. The van der Waals surface area contributed by atoms with Crippen molar-refractivity contribution in [3.63, 3.8) is 0 Å². The van der Waals surface area contributed by atoms with Gasteiger partial charge in [0.05, 0.1) is 28.4 Å². The van der Waals surface area contributed by atoms with E-state index in [0.717, 1.165) is 6.07 Å². The normalized spacial score (nSPS) is 11.6. The Morgan fingerprint density at radius 3 is 2.48 bits per heavy atom. The number of carbonyl (C=O) groups is 3. The number of ketones is 1. The summed E-state index contributed by atoms with van der Waals surface area (Å²) in [6, 6.07) is 3.47. The Balaban J connectivity index is 2.22. The number of Topliss-reactive ketones (excluding diaryl/α,β-unsaturated/α-hetero) is 1. The number of nitrogens with two attached hydrogens (primary N) is 1. The summed E-state index contributed by atoms with van der Waals surface area (Å²) >= 11 is 0. The number of hydrogen-bond donors (Lipinski definition) is 2. The number of H-pyrrole nitrogens is 1. The van der Waals surface area contributed by atoms with Crippen LogP contribution in [0.1, 0.15) is 56.3 Å². The lowest BCUT2D eigenvalue weighted by Gasteiger charge is -2.12. The molecule has 1 aromatic carbocycles. The molecule has 0 spiro atoms. The van der Waals surface area contributed by atoms with Crippen molar-refractivity contribution < 1.29 is 28.8 Å². The van der Waals surface area contributed by atoms with Crippen LogP contribution in [0.15, 0.2) is 18.2 Å². The number of anilines is 1. The lowest BCUT2D eigenvalue weighted by atomic mass is 10.1. The summed E-state index contributed by atoms with van der Waals surface area (Å²) in [5.41, 5.74) is 6.07. The summed E-state index contributed by atoms with van der Waals surface area (Å²) < 4.78 is 10.1. The van der Waals surface area contributed by atoms with E-state index in [1.807, 2.05) is 0 Å². The van der Waals surface area contributed by atoms with Gasteiger partial charge in [-0.05, 0) is 45.4 Å². The molecule has 0 aliphatic rings. The molecule has 2 rings (SSSR count). The van der Waals surface area contributed by atoms with Gasteiger partial charge in [-0.1, -0.05) is 0 Å². The first-order valence-electron chi connectivity index (χ1n) is 8.73. The molecule has 154 valence electrons. The van der Waals surface area contributed by atoms with Gasteiger partial charge in [-0.3, -0.25) is 14.9 Å². The molecule has 0 saturated carbocycles. The Morgan fingerprint density at radius 2 is 1.90 bits per heavy atom. The minimum absolute atomic E-state index is 0.0975. The fourth-order valence-corrected chi connectivity index (χ4v) is 2.82. The highest BCUT2D eigenvalue weighted by atomic mass is 16.6. The van der Waals surface area contributed by atoms with Crippen molar-refractivity contribution in [1.82, 2.24) is 4.98 Å². The van der Waals surface area contributed by atoms with Gasteiger partial charge in [0, 0.05) is 11.8 Å². The van der Waals surface area contributed by atoms with Crippen LogP contribution >= 0.6 is 0 Å². The smallest absolute Gasteiger partial charge is 0.340 e. The van der Waals surface area contributed by atoms with Gasteiger partial charge < -0.3 is 20.2 Å². The molecule has 1 heterocycles. The molecule has 0 saturated heterocycles. The van der Waals surface area contributed by atoms with Gasteiger partial charge in [-0.25, -0.2) is 9.59 Å². The highest BCUT2D eigenvalue weighted by Gasteiger charge is 2.28. The van der Waals surface area contributed by atoms with E-state index in [-0.39, 0.29) is 29.1 Å². The molecule has 0 bridgehead atoms. The van der Waals surface area contributed by atoms with Gasteiger partial charge in [0.1, 0.15) is 5.69 Å². The molecule has 10 heteroatoms. The molecule has 3 N–H and O–H groups in total. The summed E-state index contributed by atoms with van der Waals surface area (Å²) in [5.74, 6) is -2.03. The molecule has 0 fully saturated rings. The summed E-state index contributed by atoms with van der Waals surface area (Å²) in [5, 5.41) is 11.0. The molecule has 0 unspecified atom stereocenters. The van der Waals surface area contributed by atoms with E-state index < -0.39 is 34.4 Å². The lowest BCUT2D eigenvalue weighted by molar-refractivity contribution is -0.383. The van der Waals surface area contributed by atoms with Crippen LogP contribution in [0.3, 0.4) is 0 Å². The van der Waals surface area contributed by atoms with E-state index in [1.165, 1.54) is 19.1 Å². The standard InChI is InChI=1S/C19H21N3O7/c1-5-28-19(25)15-9(2)16(21-10(15)3)17(23)11(4)29-18(24)12-6-7-13(20)14(8-12)22(26)27/h6-8,11,21H,5,20H2,1-4H3/t11-/m1/s1. The number of nitro benzene ring substituents is 1. The third kappa shape index (κ3) is 4.42. The first-order chi connectivity index (χ1) is 13.6. The molecule has 1 atom stereocenters. The zero-order chi connectivity index (χ0) is 21.9. The average Bonchev–Trinajstić information content (AvgIpc) is 2.95. The number of aromatic nitrogens is 1. The lowest BCUT2D eigenvalue weighted by Crippen LogP contribution is -2.25. The van der Waals surface area contributed by atoms with Crippen molar-refractivity contribution in [2.24, 2.45) is 0 Å². The van der Waals surface area contributed by atoms with E-state index in [4.69, 9.17) is 15.2 Å². The zero-order valence-corrected chi connectivity index (χ0v) is 16.4. The van der Waals surface area contributed by atoms with Crippen LogP contribution < -0.4 is 5.73 Å². The van der Waals surface area contributed by atoms with Crippen LogP contribution in [0.2, 0.25) is 0 Å². The van der Waals surface area contributed by atoms with Crippen LogP contribution in [0, 0.1) is 24.0 Å². The Bertz CT molecular complexity index is 994. The number of carbonyl (C=O) groups excluding carboxylic acids is 3. The highest BCUT2D eigenvalue weighted by molar-refractivity contribution is 6.04. The first-order valence-corrected chi connectivity index (χ1v) is 8.73. The summed E-state index contributed by atoms with van der Waals surface area (Å²) in [7, 11) is 0. The average molecular weight is 403 g/mol. The Kier molecular flexibility index (Phi) is 6.37. The van der Waals surface area contributed by atoms with E-state index in [0.29, 0.717) is 11.3 Å². The van der Waals surface area contributed by atoms with Crippen molar-refractivity contribution in [2.75, 3.05) is 12.3 Å². The molecule has 0 aliphatic carbocycles. The number of nitro groups is 1. The van der Waals surface area contributed by atoms with Crippen LogP contribution in [-0.4, -0.2) is 40.3 Å². The number of nitrogens with one attached hydrogen (secondary N) is 1. The molecule has 0 amide bonds. The first kappa shape index (κ1) is 21.6. The topological polar surface area (TPSA) is 155 Å². The second kappa shape index (κ2) is 8.55. The van der Waals surface area contributed by atoms with Crippen LogP contribution in [0.4, 0.5) is 11.4 Å². The summed E-state index contributed by atoms with van der Waals surface area (Å²) in [6.07, 6.45) is -1.20. The molecule has 29 heavy (non-hydrogen) atoms. The molecule has 0 aliphatic heterocycles. The SMILES string of the molecule is CCOC(=O)c1c(C)[nH]c(C(=O)[C@@H](C)OC(=O)c2ccc(N)c([N+](=O)[O-])c2)c1C. The predicted octanol–water partition coefficient (Wildman–Crippen LogP) is 2.73. The third-order valence-corrected chi connectivity index (χ3v) is 4.28. The van der Waals surface area contributed by atoms with E-state index in [9.17, 15) is 24.5 Å². The maximum atomic E-state index is 12.7. The second-order valence-electron chi connectivity index (χ2n) is 6.29. The molecule has 1 aromatic heterocycles. The summed E-state index contributed by atoms with van der Waals surface area (Å²) in [6.45, 7) is 6.44. The maximum absolute atomic E-state index is 12.7.